The molecule has 0 fully saturated rings. The fourth-order valence-electron chi connectivity index (χ4n) is 1.84. The van der Waals surface area contributed by atoms with Crippen molar-refractivity contribution in [3.63, 3.8) is 0 Å². The largest absolute Gasteiger partial charge is 4.00 e. The molecule has 0 aromatic carbocycles. The van der Waals surface area contributed by atoms with E-state index in [0.717, 1.165) is 12.8 Å². The molecule has 2 aliphatic carbocycles. The molecule has 0 radical (unpaired) electrons. The van der Waals surface area contributed by atoms with Crippen LogP contribution in [-0.2, 0) is 26.2 Å². The van der Waals surface area contributed by atoms with E-state index in [1.165, 1.54) is 11.1 Å². The van der Waals surface area contributed by atoms with E-state index >= 15 is 0 Å². The van der Waals surface area contributed by atoms with Crippen LogP contribution in [0.2, 0.25) is 26.2 Å². The first-order chi connectivity index (χ1) is 10.8. The Morgan fingerprint density at radius 2 is 1.04 bits per heavy atom. The third-order valence-corrected chi connectivity index (χ3v) is 12.7. The Morgan fingerprint density at radius 3 is 1.11 bits per heavy atom. The van der Waals surface area contributed by atoms with Crippen molar-refractivity contribution >= 4 is 16.6 Å². The summed E-state index contributed by atoms with van der Waals surface area (Å²) in [7, 11) is -0.101. The van der Waals surface area contributed by atoms with E-state index in [-0.39, 0.29) is 51.0 Å². The fourth-order valence-corrected chi connectivity index (χ4v) is 1.84. The van der Waals surface area contributed by atoms with Crippen LogP contribution in [0.5, 0.6) is 0 Å². The topological polar surface area (TPSA) is 0 Å². The molecule has 0 bridgehead atoms. The van der Waals surface area contributed by atoms with Crippen molar-refractivity contribution in [2.45, 2.75) is 80.6 Å². The quantitative estimate of drug-likeness (QED) is 0.347. The van der Waals surface area contributed by atoms with E-state index in [4.69, 9.17) is 0 Å². The third kappa shape index (κ3) is 18.6. The zero-order valence-corrected chi connectivity index (χ0v) is 25.6. The van der Waals surface area contributed by atoms with Gasteiger partial charge in [0.15, 0.2) is 0 Å². The molecule has 2 aliphatic rings. The first-order valence-electron chi connectivity index (χ1n) is 9.32. The first kappa shape index (κ1) is 35.3. The summed E-state index contributed by atoms with van der Waals surface area (Å²) >= 11 is 0. The molecule has 154 valence electrons. The van der Waals surface area contributed by atoms with Crippen molar-refractivity contribution in [3.05, 3.63) is 47.6 Å². The zero-order chi connectivity index (χ0) is 19.0. The standard InChI is InChI=1S/2C9H13.C4H14Si2.2ClH.Zr/c2*1-9(2,3)8-6-4-5-7-8;1-5-6(2,3)4;;;/h2*6-7H,4H2,1-3H3;5H2,1-4H3;2*1H;/q2*-1;;;;+4/p-2. The summed E-state index contributed by atoms with van der Waals surface area (Å²) in [6.07, 6.45) is 17.0. The molecule has 0 heterocycles. The average Bonchev–Trinajstić information content (AvgIpc) is 3.11. The number of halogens is 2. The van der Waals surface area contributed by atoms with Crippen LogP contribution >= 0.6 is 0 Å². The van der Waals surface area contributed by atoms with E-state index in [0.29, 0.717) is 19.9 Å². The van der Waals surface area contributed by atoms with E-state index in [1.807, 2.05) is 0 Å². The molecule has 0 aromatic rings. The molecule has 0 aliphatic heterocycles. The number of allylic oxidation sites excluding steroid dienone is 8. The van der Waals surface area contributed by atoms with Gasteiger partial charge < -0.3 is 24.8 Å². The summed E-state index contributed by atoms with van der Waals surface area (Å²) in [5.41, 5.74) is 3.48. The predicted molar refractivity (Wildman–Crippen MR) is 118 cm³/mol. The maximum absolute atomic E-state index is 3.16. The number of rotatable bonds is 1. The normalized spacial score (nSPS) is 15.3. The zero-order valence-electron chi connectivity index (χ0n) is 19.2. The molecule has 0 amide bonds. The van der Waals surface area contributed by atoms with Crippen LogP contribution in [0.4, 0.5) is 0 Å². The average molecular weight is 523 g/mol. The third-order valence-electron chi connectivity index (χ3n) is 4.19. The summed E-state index contributed by atoms with van der Waals surface area (Å²) in [5.74, 6) is 0. The molecule has 5 heteroatoms. The predicted octanol–water partition coefficient (Wildman–Crippen LogP) is 0.488. The van der Waals surface area contributed by atoms with Gasteiger partial charge in [-0.2, -0.15) is 23.3 Å². The Bertz CT molecular complexity index is 460. The molecule has 0 spiro atoms. The Morgan fingerprint density at radius 1 is 0.778 bits per heavy atom. The van der Waals surface area contributed by atoms with Crippen LogP contribution in [0.1, 0.15) is 54.4 Å². The van der Waals surface area contributed by atoms with Crippen molar-refractivity contribution < 1.29 is 51.0 Å². The van der Waals surface area contributed by atoms with Gasteiger partial charge in [-0.15, -0.1) is 12.8 Å². The molecule has 0 N–H and O–H groups in total. The van der Waals surface area contributed by atoms with Gasteiger partial charge in [0.05, 0.1) is 0 Å². The fraction of sp³-hybridized carbons (Fsp3) is 0.636. The molecule has 0 saturated carbocycles. The second-order valence-corrected chi connectivity index (χ2v) is 24.2. The van der Waals surface area contributed by atoms with Gasteiger partial charge in [-0.05, 0) is 0 Å². The second kappa shape index (κ2) is 15.7. The Labute approximate surface area is 205 Å². The smallest absolute Gasteiger partial charge is 1.00 e. The van der Waals surface area contributed by atoms with Gasteiger partial charge in [-0.3, -0.25) is 12.2 Å². The van der Waals surface area contributed by atoms with Gasteiger partial charge in [-0.1, -0.05) is 78.6 Å². The first-order valence-corrected chi connectivity index (χ1v) is 16.6. The summed E-state index contributed by atoms with van der Waals surface area (Å²) in [6.45, 7) is 23.1. The van der Waals surface area contributed by atoms with Gasteiger partial charge >= 0.3 is 26.2 Å². The monoisotopic (exact) mass is 520 g/mol. The second-order valence-electron chi connectivity index (χ2n) is 9.84. The Balaban J connectivity index is -0.000000142. The van der Waals surface area contributed by atoms with Gasteiger partial charge in [-0.25, -0.2) is 12.2 Å². The molecular formula is C22H40Cl2Si2Zr. The summed E-state index contributed by atoms with van der Waals surface area (Å²) in [5, 5.41) is 0. The summed E-state index contributed by atoms with van der Waals surface area (Å²) < 4.78 is 0. The minimum absolute atomic E-state index is 0. The summed E-state index contributed by atoms with van der Waals surface area (Å²) in [6, 6.07) is 0. The summed E-state index contributed by atoms with van der Waals surface area (Å²) in [4.78, 5) is 0. The van der Waals surface area contributed by atoms with E-state index in [2.05, 4.69) is 104 Å². The molecule has 27 heavy (non-hydrogen) atoms. The Hall–Kier alpha value is 0.857. The van der Waals surface area contributed by atoms with Crippen LogP contribution in [0, 0.1) is 23.0 Å². The SMILES string of the molecule is CC(C)(C)C1=CC[C-]=C1.CC(C)(C)C1=CC[C-]=C1.C[SiH2][Si](C)(C)C.[Cl-].[Cl-].[Zr+4]. The van der Waals surface area contributed by atoms with Crippen LogP contribution in [0.25, 0.3) is 0 Å². The maximum atomic E-state index is 3.16. The number of hydrogen-bond acceptors (Lipinski definition) is 0. The Kier molecular flexibility index (Phi) is 20.5. The molecule has 0 aromatic heterocycles. The van der Waals surface area contributed by atoms with Gasteiger partial charge in [0, 0.05) is 16.6 Å². The maximum Gasteiger partial charge on any atom is 4.00 e. The minimum Gasteiger partial charge on any atom is -1.00 e. The van der Waals surface area contributed by atoms with E-state index < -0.39 is 7.59 Å². The van der Waals surface area contributed by atoms with Gasteiger partial charge in [0.2, 0.25) is 0 Å². The van der Waals surface area contributed by atoms with E-state index in [1.54, 1.807) is 0 Å². The molecule has 0 nitrogen and oxygen atoms in total. The molecule has 2 rings (SSSR count). The molecule has 0 atom stereocenters. The van der Waals surface area contributed by atoms with Crippen molar-refractivity contribution in [2.24, 2.45) is 10.8 Å². The van der Waals surface area contributed by atoms with Gasteiger partial charge in [0.25, 0.3) is 0 Å². The molecular weight excluding hydrogens is 483 g/mol. The minimum atomic E-state index is -0.492. The van der Waals surface area contributed by atoms with E-state index in [9.17, 15) is 0 Å². The number of hydrogen-bond donors (Lipinski definition) is 0. The van der Waals surface area contributed by atoms with Gasteiger partial charge in [0.1, 0.15) is 0 Å². The van der Waals surface area contributed by atoms with Crippen LogP contribution in [0.3, 0.4) is 0 Å². The van der Waals surface area contributed by atoms with Crippen molar-refractivity contribution in [2.75, 3.05) is 0 Å². The molecule has 0 unspecified atom stereocenters. The van der Waals surface area contributed by atoms with Crippen LogP contribution in [0.15, 0.2) is 35.5 Å². The van der Waals surface area contributed by atoms with Crippen molar-refractivity contribution in [3.8, 4) is 0 Å². The van der Waals surface area contributed by atoms with Crippen LogP contribution in [-0.4, -0.2) is 16.6 Å². The van der Waals surface area contributed by atoms with Crippen molar-refractivity contribution in [1.29, 1.82) is 0 Å². The molecule has 0 saturated heterocycles. The van der Waals surface area contributed by atoms with Crippen molar-refractivity contribution in [1.82, 2.24) is 0 Å². The van der Waals surface area contributed by atoms with Crippen LogP contribution < -0.4 is 24.8 Å².